The van der Waals surface area contributed by atoms with E-state index in [0.29, 0.717) is 34.8 Å². The molecule has 1 heterocycles. The largest absolute Gasteiger partial charge is 0.490 e. The van der Waals surface area contributed by atoms with Gasteiger partial charge in [0.05, 0.1) is 23.0 Å². The summed E-state index contributed by atoms with van der Waals surface area (Å²) in [7, 11) is 0. The fourth-order valence-electron chi connectivity index (χ4n) is 3.58. The molecule has 3 aromatic rings. The summed E-state index contributed by atoms with van der Waals surface area (Å²) in [6.45, 7) is 1.90. The number of halogens is 1. The second-order valence-electron chi connectivity index (χ2n) is 8.05. The van der Waals surface area contributed by atoms with E-state index in [0.717, 1.165) is 21.1 Å². The number of carbonyl (C=O) groups is 3. The Labute approximate surface area is 230 Å². The Bertz CT molecular complexity index is 1440. The van der Waals surface area contributed by atoms with Crippen molar-refractivity contribution in [3.63, 3.8) is 0 Å². The molecular weight excluding hydrogens is 576 g/mol. The number of benzene rings is 3. The first kappa shape index (κ1) is 27.1. The predicted molar refractivity (Wildman–Crippen MR) is 146 cm³/mol. The minimum absolute atomic E-state index is 0.0287. The van der Waals surface area contributed by atoms with Crippen LogP contribution in [-0.2, 0) is 11.4 Å². The average Bonchev–Trinajstić information content (AvgIpc) is 3.16. The van der Waals surface area contributed by atoms with E-state index in [1.807, 2.05) is 6.92 Å². The Balaban J connectivity index is 1.48. The van der Waals surface area contributed by atoms with Crippen LogP contribution in [0.2, 0.25) is 0 Å². The minimum Gasteiger partial charge on any atom is -0.490 e. The van der Waals surface area contributed by atoms with E-state index in [9.17, 15) is 24.5 Å². The molecule has 0 N–H and O–H groups in total. The third-order valence-corrected chi connectivity index (χ3v) is 6.86. The van der Waals surface area contributed by atoms with E-state index < -0.39 is 16.1 Å². The Morgan fingerprint density at radius 2 is 1.82 bits per heavy atom. The summed E-state index contributed by atoms with van der Waals surface area (Å²) in [5, 5.41) is 10.5. The number of ether oxygens (including phenoxy) is 2. The minimum atomic E-state index is -0.547. The van der Waals surface area contributed by atoms with Gasteiger partial charge in [0, 0.05) is 22.2 Å². The van der Waals surface area contributed by atoms with Gasteiger partial charge in [0.2, 0.25) is 0 Å². The Kier molecular flexibility index (Phi) is 8.59. The number of thioether (sulfide) groups is 1. The first-order valence-electron chi connectivity index (χ1n) is 11.4. The van der Waals surface area contributed by atoms with Crippen LogP contribution in [0.25, 0.3) is 6.08 Å². The van der Waals surface area contributed by atoms with Crippen molar-refractivity contribution in [3.05, 3.63) is 103 Å². The monoisotopic (exact) mass is 596 g/mol. The highest BCUT2D eigenvalue weighted by molar-refractivity contribution is 9.10. The van der Waals surface area contributed by atoms with Crippen LogP contribution < -0.4 is 9.47 Å². The number of nitro benzene ring substituents is 1. The van der Waals surface area contributed by atoms with Crippen molar-refractivity contribution in [2.75, 3.05) is 13.2 Å². The van der Waals surface area contributed by atoms with Crippen molar-refractivity contribution >= 4 is 56.4 Å². The molecule has 1 saturated heterocycles. The van der Waals surface area contributed by atoms with Gasteiger partial charge >= 0.3 is 0 Å². The van der Waals surface area contributed by atoms with Gasteiger partial charge in [-0.15, -0.1) is 0 Å². The molecule has 3 aromatic carbocycles. The summed E-state index contributed by atoms with van der Waals surface area (Å²) < 4.78 is 12.3. The summed E-state index contributed by atoms with van der Waals surface area (Å²) in [6.07, 6.45) is 1.56. The molecule has 1 aliphatic heterocycles. The molecule has 1 fully saturated rings. The number of non-ortho nitro benzene ring substituents is 1. The number of nitrogens with zero attached hydrogens (tertiary/aromatic N) is 2. The molecule has 0 saturated carbocycles. The third-order valence-electron chi connectivity index (χ3n) is 5.42. The van der Waals surface area contributed by atoms with E-state index in [-0.39, 0.29) is 29.5 Å². The number of nitro groups is 1. The lowest BCUT2D eigenvalue weighted by molar-refractivity contribution is -0.384. The maximum atomic E-state index is 12.9. The molecule has 0 spiro atoms. The first-order valence-corrected chi connectivity index (χ1v) is 13.0. The van der Waals surface area contributed by atoms with Gasteiger partial charge in [-0.25, -0.2) is 0 Å². The Morgan fingerprint density at radius 1 is 1.05 bits per heavy atom. The molecule has 194 valence electrons. The van der Waals surface area contributed by atoms with E-state index in [1.54, 1.807) is 60.7 Å². The van der Waals surface area contributed by atoms with E-state index in [2.05, 4.69) is 15.9 Å². The third kappa shape index (κ3) is 6.48. The molecule has 0 atom stereocenters. The van der Waals surface area contributed by atoms with Crippen molar-refractivity contribution in [3.8, 4) is 11.5 Å². The van der Waals surface area contributed by atoms with Gasteiger partial charge < -0.3 is 9.47 Å². The van der Waals surface area contributed by atoms with E-state index in [1.165, 1.54) is 12.1 Å². The van der Waals surface area contributed by atoms with Crippen LogP contribution >= 0.6 is 27.7 Å². The van der Waals surface area contributed by atoms with Crippen LogP contribution in [0.3, 0.4) is 0 Å². The number of rotatable bonds is 10. The molecule has 0 aromatic heterocycles. The van der Waals surface area contributed by atoms with Crippen LogP contribution in [0.4, 0.5) is 10.5 Å². The molecule has 0 aliphatic carbocycles. The lowest BCUT2D eigenvalue weighted by atomic mass is 10.1. The number of ketones is 1. The second-order valence-corrected chi connectivity index (χ2v) is 9.96. The Morgan fingerprint density at radius 3 is 2.53 bits per heavy atom. The van der Waals surface area contributed by atoms with Gasteiger partial charge in [0.25, 0.3) is 16.8 Å². The molecule has 1 aliphatic rings. The maximum Gasteiger partial charge on any atom is 0.293 e. The predicted octanol–water partition coefficient (Wildman–Crippen LogP) is 6.25. The topological polar surface area (TPSA) is 116 Å². The van der Waals surface area contributed by atoms with Crippen LogP contribution in [-0.4, -0.2) is 39.9 Å². The molecule has 0 radical (unpaired) electrons. The molecule has 11 heteroatoms. The molecule has 38 heavy (non-hydrogen) atoms. The molecule has 0 bridgehead atoms. The van der Waals surface area contributed by atoms with E-state index >= 15 is 0 Å². The van der Waals surface area contributed by atoms with Crippen LogP contribution in [0, 0.1) is 10.1 Å². The van der Waals surface area contributed by atoms with Crippen molar-refractivity contribution in [2.24, 2.45) is 0 Å². The smallest absolute Gasteiger partial charge is 0.293 e. The van der Waals surface area contributed by atoms with E-state index in [4.69, 9.17) is 9.47 Å². The van der Waals surface area contributed by atoms with Crippen molar-refractivity contribution in [2.45, 2.75) is 13.5 Å². The molecule has 9 nitrogen and oxygen atoms in total. The molecule has 4 rings (SSSR count). The number of Topliss-reactive ketones (excluding diaryl/α,β-unsaturated/α-hetero) is 1. The van der Waals surface area contributed by atoms with Gasteiger partial charge in [-0.3, -0.25) is 29.4 Å². The summed E-state index contributed by atoms with van der Waals surface area (Å²) in [6, 6.07) is 17.9. The van der Waals surface area contributed by atoms with Crippen molar-refractivity contribution in [1.82, 2.24) is 4.90 Å². The lowest BCUT2D eigenvalue weighted by Gasteiger charge is -2.13. The maximum absolute atomic E-state index is 12.9. The SMILES string of the molecule is CCOc1cc(/C=C2/SC(=O)N(CC(=O)c3ccc(Br)cc3)C2=O)ccc1OCc1cccc([N+](=O)[O-])c1. The second kappa shape index (κ2) is 12.1. The average molecular weight is 597 g/mol. The van der Waals surface area contributed by atoms with Crippen molar-refractivity contribution in [1.29, 1.82) is 0 Å². The standard InChI is InChI=1S/C27H21BrN2O7S/c1-2-36-24-13-17(6-11-23(24)37-16-18-4-3-5-21(12-18)30(34)35)14-25-26(32)29(27(33)38-25)15-22(31)19-7-9-20(28)10-8-19/h3-14H,2,15-16H2,1H3/b25-14+. The highest BCUT2D eigenvalue weighted by Crippen LogP contribution is 2.35. The molecule has 0 unspecified atom stereocenters. The number of amides is 2. The lowest BCUT2D eigenvalue weighted by Crippen LogP contribution is -2.33. The zero-order valence-corrected chi connectivity index (χ0v) is 22.5. The van der Waals surface area contributed by atoms with Crippen LogP contribution in [0.15, 0.2) is 76.1 Å². The highest BCUT2D eigenvalue weighted by Gasteiger charge is 2.36. The quantitative estimate of drug-likeness (QED) is 0.117. The fourth-order valence-corrected chi connectivity index (χ4v) is 4.68. The van der Waals surface area contributed by atoms with Gasteiger partial charge in [-0.1, -0.05) is 46.3 Å². The van der Waals surface area contributed by atoms with Crippen LogP contribution in [0.5, 0.6) is 11.5 Å². The number of imide groups is 1. The van der Waals surface area contributed by atoms with Crippen molar-refractivity contribution < 1.29 is 28.8 Å². The zero-order valence-electron chi connectivity index (χ0n) is 20.1. The molecule has 2 amide bonds. The first-order chi connectivity index (χ1) is 18.2. The number of hydrogen-bond donors (Lipinski definition) is 0. The summed E-state index contributed by atoms with van der Waals surface area (Å²) in [5.41, 5.74) is 1.59. The summed E-state index contributed by atoms with van der Waals surface area (Å²) >= 11 is 4.07. The zero-order chi connectivity index (χ0) is 27.2. The van der Waals surface area contributed by atoms with Gasteiger partial charge in [-0.05, 0) is 60.2 Å². The summed E-state index contributed by atoms with van der Waals surface area (Å²) in [5.74, 6) is -0.0561. The van der Waals surface area contributed by atoms with Crippen LogP contribution in [0.1, 0.15) is 28.4 Å². The Hall–Kier alpha value is -3.96. The fraction of sp³-hybridized carbons (Fsp3) is 0.148. The van der Waals surface area contributed by atoms with Gasteiger partial charge in [0.15, 0.2) is 17.3 Å². The van der Waals surface area contributed by atoms with Gasteiger partial charge in [0.1, 0.15) is 6.61 Å². The number of carbonyl (C=O) groups excluding carboxylic acids is 3. The normalized spacial score (nSPS) is 14.2. The summed E-state index contributed by atoms with van der Waals surface area (Å²) in [4.78, 5) is 49.6. The highest BCUT2D eigenvalue weighted by atomic mass is 79.9. The molecular formula is C27H21BrN2O7S. The number of hydrogen-bond acceptors (Lipinski definition) is 8. The van der Waals surface area contributed by atoms with Gasteiger partial charge in [-0.2, -0.15) is 0 Å².